The van der Waals surface area contributed by atoms with Crippen LogP contribution in [-0.2, 0) is 7.05 Å². The minimum absolute atomic E-state index is 0.0462. The Kier molecular flexibility index (Phi) is 4.84. The molecule has 0 unspecified atom stereocenters. The van der Waals surface area contributed by atoms with Crippen LogP contribution in [-0.4, -0.2) is 40.9 Å². The second-order valence-electron chi connectivity index (χ2n) is 6.75. The van der Waals surface area contributed by atoms with Gasteiger partial charge in [0.25, 0.3) is 0 Å². The van der Waals surface area contributed by atoms with Crippen molar-refractivity contribution in [3.8, 4) is 5.75 Å². The van der Waals surface area contributed by atoms with Gasteiger partial charge < -0.3 is 15.4 Å². The fraction of sp³-hybridized carbons (Fsp3) is 0.444. The molecule has 3 rings (SSSR count). The molecule has 6 nitrogen and oxygen atoms in total. The summed E-state index contributed by atoms with van der Waals surface area (Å²) in [7, 11) is 1.75. The standard InChI is InChI=1S/C18H23F2N5O/c1-10(2)26-16-6-12(14(21)7-13(16)20)18(22)15-8-17(24(3)23-15)25-5-4-11(19)9-25/h6-8,10-11,22H,4-5,9,21H2,1-3H3/t11-/m1/s1. The molecule has 1 aromatic heterocycles. The lowest BCUT2D eigenvalue weighted by atomic mass is 10.0. The number of aromatic nitrogens is 2. The Morgan fingerprint density at radius 3 is 2.73 bits per heavy atom. The third kappa shape index (κ3) is 3.49. The number of ether oxygens (including phenoxy) is 1. The largest absolute Gasteiger partial charge is 0.488 e. The first-order chi connectivity index (χ1) is 12.3. The van der Waals surface area contributed by atoms with Gasteiger partial charge in [-0.05, 0) is 26.3 Å². The van der Waals surface area contributed by atoms with Gasteiger partial charge in [-0.1, -0.05) is 0 Å². The molecule has 1 aliphatic rings. The van der Waals surface area contributed by atoms with Crippen LogP contribution >= 0.6 is 0 Å². The summed E-state index contributed by atoms with van der Waals surface area (Å²) < 4.78 is 34.6. The Labute approximate surface area is 151 Å². The van der Waals surface area contributed by atoms with Crippen molar-refractivity contribution in [2.45, 2.75) is 32.5 Å². The van der Waals surface area contributed by atoms with Crippen molar-refractivity contribution in [2.24, 2.45) is 7.05 Å². The van der Waals surface area contributed by atoms with Crippen molar-refractivity contribution in [3.05, 3.63) is 35.3 Å². The summed E-state index contributed by atoms with van der Waals surface area (Å²) in [6, 6.07) is 4.31. The highest BCUT2D eigenvalue weighted by Gasteiger charge is 2.26. The van der Waals surface area contributed by atoms with Gasteiger partial charge in [-0.2, -0.15) is 5.10 Å². The second-order valence-corrected chi connectivity index (χ2v) is 6.75. The van der Waals surface area contributed by atoms with E-state index in [2.05, 4.69) is 5.10 Å². The Balaban J connectivity index is 1.92. The van der Waals surface area contributed by atoms with Crippen molar-refractivity contribution in [3.63, 3.8) is 0 Å². The van der Waals surface area contributed by atoms with Crippen molar-refractivity contribution >= 4 is 17.2 Å². The van der Waals surface area contributed by atoms with Crippen LogP contribution in [0.3, 0.4) is 0 Å². The molecule has 0 amide bonds. The smallest absolute Gasteiger partial charge is 0.167 e. The van der Waals surface area contributed by atoms with E-state index in [0.29, 0.717) is 30.8 Å². The molecule has 1 saturated heterocycles. The molecular weight excluding hydrogens is 340 g/mol. The maximum absolute atomic E-state index is 14.0. The van der Waals surface area contributed by atoms with Crippen LogP contribution in [0.2, 0.25) is 0 Å². The number of rotatable bonds is 5. The zero-order valence-electron chi connectivity index (χ0n) is 15.1. The van der Waals surface area contributed by atoms with Gasteiger partial charge in [0.15, 0.2) is 11.6 Å². The maximum Gasteiger partial charge on any atom is 0.167 e. The first kappa shape index (κ1) is 18.2. The number of nitrogens with one attached hydrogen (secondary N) is 1. The van der Waals surface area contributed by atoms with Crippen LogP contribution in [0.5, 0.6) is 5.75 Å². The highest BCUT2D eigenvalue weighted by Crippen LogP contribution is 2.28. The SMILES string of the molecule is CC(C)Oc1cc(C(=N)c2cc(N3CC[C@@H](F)C3)n(C)n2)c(N)cc1F. The van der Waals surface area contributed by atoms with E-state index in [0.717, 1.165) is 11.9 Å². The van der Waals surface area contributed by atoms with E-state index in [4.69, 9.17) is 15.9 Å². The summed E-state index contributed by atoms with van der Waals surface area (Å²) in [5, 5.41) is 12.8. The molecule has 0 saturated carbocycles. The monoisotopic (exact) mass is 363 g/mol. The van der Waals surface area contributed by atoms with E-state index in [1.165, 1.54) is 6.07 Å². The molecule has 2 heterocycles. The number of anilines is 2. The molecule has 1 fully saturated rings. The van der Waals surface area contributed by atoms with E-state index in [1.807, 2.05) is 4.90 Å². The third-order valence-corrected chi connectivity index (χ3v) is 4.30. The summed E-state index contributed by atoms with van der Waals surface area (Å²) in [5.74, 6) is 0.217. The highest BCUT2D eigenvalue weighted by atomic mass is 19.1. The molecule has 0 bridgehead atoms. The fourth-order valence-electron chi connectivity index (χ4n) is 3.07. The lowest BCUT2D eigenvalue weighted by Gasteiger charge is -2.16. The Morgan fingerprint density at radius 1 is 1.38 bits per heavy atom. The number of nitrogens with two attached hydrogens (primary N) is 1. The number of halogens is 2. The number of nitrogen functional groups attached to an aromatic ring is 1. The quantitative estimate of drug-likeness (QED) is 0.632. The fourth-order valence-corrected chi connectivity index (χ4v) is 3.07. The van der Waals surface area contributed by atoms with Crippen molar-refractivity contribution < 1.29 is 13.5 Å². The average molecular weight is 363 g/mol. The summed E-state index contributed by atoms with van der Waals surface area (Å²) >= 11 is 0. The van der Waals surface area contributed by atoms with E-state index in [9.17, 15) is 8.78 Å². The molecule has 26 heavy (non-hydrogen) atoms. The molecule has 0 spiro atoms. The van der Waals surface area contributed by atoms with E-state index < -0.39 is 12.0 Å². The Morgan fingerprint density at radius 2 is 2.12 bits per heavy atom. The lowest BCUT2D eigenvalue weighted by molar-refractivity contribution is 0.231. The number of nitrogens with zero attached hydrogens (tertiary/aromatic N) is 3. The van der Waals surface area contributed by atoms with Crippen LogP contribution < -0.4 is 15.4 Å². The number of benzene rings is 1. The minimum Gasteiger partial charge on any atom is -0.488 e. The normalized spacial score (nSPS) is 17.2. The van der Waals surface area contributed by atoms with Gasteiger partial charge >= 0.3 is 0 Å². The molecular formula is C18H23F2N5O. The number of alkyl halides is 1. The molecule has 1 aliphatic heterocycles. The molecule has 140 valence electrons. The Bertz CT molecular complexity index is 833. The van der Waals surface area contributed by atoms with E-state index >= 15 is 0 Å². The van der Waals surface area contributed by atoms with Gasteiger partial charge in [-0.15, -0.1) is 0 Å². The average Bonchev–Trinajstić information content (AvgIpc) is 3.14. The number of hydrogen-bond donors (Lipinski definition) is 2. The zero-order chi connectivity index (χ0) is 19.0. The number of hydrogen-bond acceptors (Lipinski definition) is 5. The van der Waals surface area contributed by atoms with Crippen molar-refractivity contribution in [1.29, 1.82) is 5.41 Å². The van der Waals surface area contributed by atoms with Gasteiger partial charge in [0.1, 0.15) is 17.7 Å². The van der Waals surface area contributed by atoms with Gasteiger partial charge in [-0.3, -0.25) is 10.1 Å². The third-order valence-electron chi connectivity index (χ3n) is 4.30. The molecule has 1 atom stereocenters. The molecule has 0 radical (unpaired) electrons. The van der Waals surface area contributed by atoms with Gasteiger partial charge in [0.05, 0.1) is 18.4 Å². The van der Waals surface area contributed by atoms with Crippen molar-refractivity contribution in [2.75, 3.05) is 23.7 Å². The van der Waals surface area contributed by atoms with E-state index in [1.54, 1.807) is 31.6 Å². The molecule has 2 aromatic rings. The Hall–Kier alpha value is -2.64. The summed E-state index contributed by atoms with van der Waals surface area (Å²) in [4.78, 5) is 1.90. The second kappa shape index (κ2) is 6.93. The van der Waals surface area contributed by atoms with E-state index in [-0.39, 0.29) is 23.3 Å². The molecule has 1 aromatic carbocycles. The topological polar surface area (TPSA) is 80.2 Å². The van der Waals surface area contributed by atoms with Crippen LogP contribution in [0.1, 0.15) is 31.5 Å². The molecule has 0 aliphatic carbocycles. The predicted molar refractivity (Wildman–Crippen MR) is 97.4 cm³/mol. The lowest BCUT2D eigenvalue weighted by Crippen LogP contribution is -2.22. The summed E-state index contributed by atoms with van der Waals surface area (Å²) in [6.45, 7) is 4.51. The maximum atomic E-state index is 14.0. The van der Waals surface area contributed by atoms with Gasteiger partial charge in [0, 0.05) is 37.0 Å². The van der Waals surface area contributed by atoms with Crippen LogP contribution in [0.4, 0.5) is 20.3 Å². The van der Waals surface area contributed by atoms with Gasteiger partial charge in [-0.25, -0.2) is 8.78 Å². The minimum atomic E-state index is -0.851. The highest BCUT2D eigenvalue weighted by molar-refractivity contribution is 6.13. The molecule has 8 heteroatoms. The molecule has 3 N–H and O–H groups in total. The number of aryl methyl sites for hydroxylation is 1. The predicted octanol–water partition coefficient (Wildman–Crippen LogP) is 2.89. The van der Waals surface area contributed by atoms with Gasteiger partial charge in [0.2, 0.25) is 0 Å². The zero-order valence-corrected chi connectivity index (χ0v) is 15.1. The summed E-state index contributed by atoms with van der Waals surface area (Å²) in [5.41, 5.74) is 6.85. The first-order valence-corrected chi connectivity index (χ1v) is 8.54. The first-order valence-electron chi connectivity index (χ1n) is 8.54. The van der Waals surface area contributed by atoms with Crippen LogP contribution in [0.15, 0.2) is 18.2 Å². The van der Waals surface area contributed by atoms with Crippen LogP contribution in [0.25, 0.3) is 0 Å². The van der Waals surface area contributed by atoms with Crippen LogP contribution in [0, 0.1) is 11.2 Å². The summed E-state index contributed by atoms with van der Waals surface area (Å²) in [6.07, 6.45) is -0.574. The van der Waals surface area contributed by atoms with Crippen molar-refractivity contribution in [1.82, 2.24) is 9.78 Å².